The van der Waals surface area contributed by atoms with Crippen LogP contribution in [0.2, 0.25) is 5.02 Å². The number of halogens is 1. The third-order valence-corrected chi connectivity index (χ3v) is 11.4. The minimum atomic E-state index is -1.45. The molecule has 0 spiro atoms. The maximum atomic E-state index is 13.3. The van der Waals surface area contributed by atoms with Gasteiger partial charge in [-0.15, -0.1) is 0 Å². The van der Waals surface area contributed by atoms with E-state index in [1.165, 1.54) is 23.0 Å². The summed E-state index contributed by atoms with van der Waals surface area (Å²) < 4.78 is 13.2. The first-order chi connectivity index (χ1) is 27.9. The summed E-state index contributed by atoms with van der Waals surface area (Å²) in [6.07, 6.45) is 3.72. The molecule has 4 aromatic rings. The second-order valence-electron chi connectivity index (χ2n) is 14.9. The first kappa shape index (κ1) is 40.9. The molecule has 2 aromatic carbocycles. The molecule has 2 fully saturated rings. The number of nitrogens with two attached hydrogens (primary N) is 1. The molecule has 7 rings (SSSR count). The van der Waals surface area contributed by atoms with Crippen LogP contribution in [0.25, 0.3) is 11.0 Å². The number of unbranched alkanes of at least 4 members (excludes halogenated alkanes) is 6. The maximum Gasteiger partial charge on any atom is 0.262 e. The third-order valence-electron chi connectivity index (χ3n) is 11.0. The Kier molecular flexibility index (Phi) is 12.5. The van der Waals surface area contributed by atoms with Gasteiger partial charge in [0.25, 0.3) is 11.8 Å². The second kappa shape index (κ2) is 17.7. The monoisotopic (exact) mass is 816 g/mol. The molecule has 0 aliphatic carbocycles. The van der Waals surface area contributed by atoms with Crippen LogP contribution < -0.4 is 15.8 Å². The number of aromatic nitrogens is 3. The zero-order valence-electron chi connectivity index (χ0n) is 31.6. The zero-order valence-corrected chi connectivity index (χ0v) is 32.3. The molecule has 3 aliphatic rings. The quantitative estimate of drug-likeness (QED) is 0.0756. The van der Waals surface area contributed by atoms with E-state index >= 15 is 0 Å². The number of rotatable bonds is 17. The van der Waals surface area contributed by atoms with Crippen molar-refractivity contribution in [2.24, 2.45) is 0 Å². The number of fused-ring (bicyclic) bond motifs is 2. The van der Waals surface area contributed by atoms with Crippen LogP contribution in [0.3, 0.4) is 0 Å². The molecule has 0 bridgehead atoms. The van der Waals surface area contributed by atoms with Crippen LogP contribution in [0.1, 0.15) is 108 Å². The summed E-state index contributed by atoms with van der Waals surface area (Å²) in [7, 11) is 0. The molecule has 2 aromatic heterocycles. The topological polar surface area (TPSA) is 236 Å². The van der Waals surface area contributed by atoms with Gasteiger partial charge in [0.1, 0.15) is 60.6 Å². The van der Waals surface area contributed by atoms with Crippen LogP contribution in [0.15, 0.2) is 55.0 Å². The number of nitrogens with one attached hydrogen (secondary N) is 1. The molecule has 4 amide bonds. The Balaban J connectivity index is 0.809. The lowest BCUT2D eigenvalue weighted by molar-refractivity contribution is -0.136. The van der Waals surface area contributed by atoms with Gasteiger partial charge in [0.05, 0.1) is 21.5 Å². The number of ketones is 1. The van der Waals surface area contributed by atoms with Crippen molar-refractivity contribution in [3.05, 3.63) is 82.3 Å². The minimum Gasteiger partial charge on any atom is -0.484 e. The Labute approximate surface area is 338 Å². The fourth-order valence-corrected chi connectivity index (χ4v) is 8.09. The molecule has 16 nitrogen and oxygen atoms in total. The van der Waals surface area contributed by atoms with E-state index in [4.69, 9.17) is 26.8 Å². The summed E-state index contributed by atoms with van der Waals surface area (Å²) >= 11 is 6.35. The minimum absolute atomic E-state index is 0.0714. The number of nitrogen functional groups attached to an aromatic ring is 1. The number of hydrogen-bond acceptors (Lipinski definition) is 13. The number of aliphatic hydroxyl groups is 3. The SMILES string of the molecule is Nc1ncnc2c1ccn2[C@@H]1O[C@H]([C@H](O)c2ccc(Cl)c(OCC(=O)CCCCCCCCCc3cccc4c3C(=O)N(C3CCC(=O)NC3=O)C4=O)c2)[C@@H](O)[C@H]1O. The molecule has 17 heteroatoms. The average Bonchev–Trinajstić information content (AvgIpc) is 3.85. The van der Waals surface area contributed by atoms with Crippen molar-refractivity contribution < 1.29 is 48.8 Å². The normalized spacial score (nSPS) is 22.4. The molecule has 0 saturated carbocycles. The molecule has 306 valence electrons. The zero-order chi connectivity index (χ0) is 41.1. The van der Waals surface area contributed by atoms with Gasteiger partial charge in [-0.2, -0.15) is 0 Å². The average molecular weight is 817 g/mol. The molecule has 6 atom stereocenters. The largest absolute Gasteiger partial charge is 0.484 e. The highest BCUT2D eigenvalue weighted by Gasteiger charge is 2.48. The predicted molar refractivity (Wildman–Crippen MR) is 209 cm³/mol. The molecule has 58 heavy (non-hydrogen) atoms. The number of aryl methyl sites for hydroxylation is 1. The Bertz CT molecular complexity index is 2230. The number of anilines is 1. The van der Waals surface area contributed by atoms with E-state index in [2.05, 4.69) is 15.3 Å². The fourth-order valence-electron chi connectivity index (χ4n) is 7.92. The van der Waals surface area contributed by atoms with Gasteiger partial charge in [-0.1, -0.05) is 61.9 Å². The van der Waals surface area contributed by atoms with E-state index in [1.807, 2.05) is 6.07 Å². The molecule has 1 unspecified atom stereocenters. The van der Waals surface area contributed by atoms with Crippen molar-refractivity contribution in [2.45, 2.75) is 107 Å². The van der Waals surface area contributed by atoms with Crippen LogP contribution in [-0.4, -0.2) is 95.1 Å². The summed E-state index contributed by atoms with van der Waals surface area (Å²) in [5.74, 6) is -1.71. The van der Waals surface area contributed by atoms with E-state index < -0.39 is 60.3 Å². The molecule has 0 radical (unpaired) electrons. The highest BCUT2D eigenvalue weighted by molar-refractivity contribution is 6.32. The molecule has 3 aliphatic heterocycles. The van der Waals surface area contributed by atoms with E-state index in [-0.39, 0.29) is 41.8 Å². The van der Waals surface area contributed by atoms with Crippen LogP contribution in [0, 0.1) is 0 Å². The van der Waals surface area contributed by atoms with Gasteiger partial charge in [0.2, 0.25) is 11.8 Å². The fraction of sp³-hybridized carbons (Fsp3) is 0.439. The van der Waals surface area contributed by atoms with E-state index in [0.29, 0.717) is 47.0 Å². The van der Waals surface area contributed by atoms with Gasteiger partial charge in [0, 0.05) is 19.0 Å². The predicted octanol–water partition coefficient (Wildman–Crippen LogP) is 3.73. The Morgan fingerprint density at radius 2 is 1.74 bits per heavy atom. The van der Waals surface area contributed by atoms with Crippen molar-refractivity contribution in [1.82, 2.24) is 24.8 Å². The number of Topliss-reactive ketones (excluding diaryl/α,β-unsaturated/α-hetero) is 1. The van der Waals surface area contributed by atoms with Crippen molar-refractivity contribution >= 4 is 57.9 Å². The van der Waals surface area contributed by atoms with Gasteiger partial charge in [-0.05, 0) is 61.1 Å². The number of nitrogens with zero attached hydrogens (tertiary/aromatic N) is 4. The Hall–Kier alpha value is -5.26. The van der Waals surface area contributed by atoms with Crippen molar-refractivity contribution in [3.63, 3.8) is 0 Å². The molecule has 2 saturated heterocycles. The number of piperidine rings is 1. The van der Waals surface area contributed by atoms with Crippen LogP contribution in [-0.2, 0) is 25.5 Å². The lowest BCUT2D eigenvalue weighted by Crippen LogP contribution is -2.54. The molecular weight excluding hydrogens is 772 g/mol. The number of amides is 4. The van der Waals surface area contributed by atoms with E-state index in [9.17, 15) is 39.3 Å². The molecular formula is C41H45ClN6O10. The van der Waals surface area contributed by atoms with Crippen molar-refractivity contribution in [2.75, 3.05) is 12.3 Å². The second-order valence-corrected chi connectivity index (χ2v) is 15.3. The number of imide groups is 2. The highest BCUT2D eigenvalue weighted by Crippen LogP contribution is 2.39. The summed E-state index contributed by atoms with van der Waals surface area (Å²) in [6, 6.07) is 10.4. The van der Waals surface area contributed by atoms with E-state index in [0.717, 1.165) is 49.0 Å². The van der Waals surface area contributed by atoms with E-state index in [1.54, 1.807) is 30.5 Å². The Morgan fingerprint density at radius 3 is 2.52 bits per heavy atom. The number of carbonyl (C=O) groups excluding carboxylic acids is 5. The number of carbonyl (C=O) groups is 5. The third kappa shape index (κ3) is 8.33. The first-order valence-electron chi connectivity index (χ1n) is 19.5. The smallest absolute Gasteiger partial charge is 0.262 e. The van der Waals surface area contributed by atoms with Crippen molar-refractivity contribution in [1.29, 1.82) is 0 Å². The standard InChI is InChI=1S/C41H45ClN6O10/c42-27-14-13-23(32(51)35-33(52)34(53)41(58-35)47-18-17-26-36(43)44-21-45-37(26)47)19-29(27)57-20-24(49)11-7-5-3-1-2-4-6-9-22-10-8-12-25-31(22)40(56)48(39(25)55)28-15-16-30(50)46-38(28)54/h8,10,12-14,17-19,21,28,32-35,41,51-53H,1-7,9,11,15-16,20H2,(H2,43,44,45)(H,46,50,54)/t28?,32-,33+,34-,35-,41-/m1/s1. The van der Waals surface area contributed by atoms with Gasteiger partial charge < -0.3 is 35.1 Å². The first-order valence-corrected chi connectivity index (χ1v) is 19.9. The summed E-state index contributed by atoms with van der Waals surface area (Å²) in [5.41, 5.74) is 8.04. The van der Waals surface area contributed by atoms with Crippen molar-refractivity contribution in [3.8, 4) is 5.75 Å². The number of ether oxygens (including phenoxy) is 2. The lowest BCUT2D eigenvalue weighted by atomic mass is 9.97. The summed E-state index contributed by atoms with van der Waals surface area (Å²) in [4.78, 5) is 72.2. The Morgan fingerprint density at radius 1 is 0.983 bits per heavy atom. The molecule has 6 N–H and O–H groups in total. The number of hydrogen-bond donors (Lipinski definition) is 5. The summed E-state index contributed by atoms with van der Waals surface area (Å²) in [5, 5.41) is 35.9. The van der Waals surface area contributed by atoms with Gasteiger partial charge in [-0.25, -0.2) is 9.97 Å². The van der Waals surface area contributed by atoms with Crippen LogP contribution in [0.4, 0.5) is 5.82 Å². The van der Waals surface area contributed by atoms with Gasteiger partial charge >= 0.3 is 0 Å². The molecule has 5 heterocycles. The van der Waals surface area contributed by atoms with Gasteiger partial charge in [-0.3, -0.25) is 34.2 Å². The maximum absolute atomic E-state index is 13.3. The van der Waals surface area contributed by atoms with Crippen LogP contribution in [0.5, 0.6) is 5.75 Å². The highest BCUT2D eigenvalue weighted by atomic mass is 35.5. The van der Waals surface area contributed by atoms with Crippen LogP contribution >= 0.6 is 11.6 Å². The summed E-state index contributed by atoms with van der Waals surface area (Å²) in [6.45, 7) is -0.211. The number of aliphatic hydroxyl groups excluding tert-OH is 3. The lowest BCUT2D eigenvalue weighted by Gasteiger charge is -2.27. The number of benzene rings is 2. The van der Waals surface area contributed by atoms with Gasteiger partial charge in [0.15, 0.2) is 12.0 Å².